The molecule has 3 aromatic rings. The number of rotatable bonds is 3. The summed E-state index contributed by atoms with van der Waals surface area (Å²) in [6.45, 7) is 0. The molecule has 5 rings (SSSR count). The SMILES string of the molecule is N#Cc1cccc(-c2cc(Cl)c(C3Cc4nc(C5CC5)ncc4C(=N)N3)s2)c1. The zero-order chi connectivity index (χ0) is 19.3. The van der Waals surface area contributed by atoms with E-state index in [1.807, 2.05) is 24.3 Å². The normalized spacial score (nSPS) is 18.3. The maximum atomic E-state index is 9.14. The molecular weight excluding hydrogens is 390 g/mol. The number of halogens is 1. The number of nitrogens with zero attached hydrogens (tertiary/aromatic N) is 3. The van der Waals surface area contributed by atoms with Crippen LogP contribution in [0.2, 0.25) is 5.02 Å². The minimum atomic E-state index is -0.0904. The highest BCUT2D eigenvalue weighted by Gasteiger charge is 2.31. The highest BCUT2D eigenvalue weighted by atomic mass is 35.5. The Balaban J connectivity index is 1.48. The van der Waals surface area contributed by atoms with Gasteiger partial charge in [-0.2, -0.15) is 5.26 Å². The van der Waals surface area contributed by atoms with E-state index in [9.17, 15) is 0 Å². The van der Waals surface area contributed by atoms with Gasteiger partial charge in [0.2, 0.25) is 0 Å². The Hall–Kier alpha value is -2.75. The Morgan fingerprint density at radius 3 is 2.93 bits per heavy atom. The van der Waals surface area contributed by atoms with Crippen LogP contribution in [0.25, 0.3) is 10.4 Å². The molecule has 138 valence electrons. The average Bonchev–Trinajstić information content (AvgIpc) is 3.49. The Morgan fingerprint density at radius 1 is 1.29 bits per heavy atom. The van der Waals surface area contributed by atoms with Gasteiger partial charge in [-0.1, -0.05) is 23.7 Å². The summed E-state index contributed by atoms with van der Waals surface area (Å²) in [4.78, 5) is 11.2. The van der Waals surface area contributed by atoms with Crippen molar-refractivity contribution < 1.29 is 0 Å². The lowest BCUT2D eigenvalue weighted by Crippen LogP contribution is -2.36. The van der Waals surface area contributed by atoms with Gasteiger partial charge < -0.3 is 5.32 Å². The van der Waals surface area contributed by atoms with Gasteiger partial charge in [-0.05, 0) is 36.6 Å². The summed E-state index contributed by atoms with van der Waals surface area (Å²) in [5.74, 6) is 1.72. The molecule has 1 aliphatic heterocycles. The second kappa shape index (κ2) is 6.69. The molecule has 0 radical (unpaired) electrons. The summed E-state index contributed by atoms with van der Waals surface area (Å²) in [5, 5.41) is 21.4. The number of nitrogens with one attached hydrogen (secondary N) is 2. The van der Waals surface area contributed by atoms with Crippen molar-refractivity contribution in [1.82, 2.24) is 15.3 Å². The fourth-order valence-electron chi connectivity index (χ4n) is 3.49. The summed E-state index contributed by atoms with van der Waals surface area (Å²) in [7, 11) is 0. The van der Waals surface area contributed by atoms with Crippen LogP contribution in [0.3, 0.4) is 0 Å². The van der Waals surface area contributed by atoms with Gasteiger partial charge in [-0.3, -0.25) is 5.41 Å². The number of hydrogen-bond donors (Lipinski definition) is 2. The van der Waals surface area contributed by atoms with E-state index >= 15 is 0 Å². The Bertz CT molecular complexity index is 1140. The first-order chi connectivity index (χ1) is 13.6. The molecule has 5 nitrogen and oxygen atoms in total. The molecule has 1 fully saturated rings. The fraction of sp³-hybridized carbons (Fsp3) is 0.238. The minimum absolute atomic E-state index is 0.0904. The van der Waals surface area contributed by atoms with Gasteiger partial charge in [0.05, 0.1) is 34.0 Å². The molecule has 0 amide bonds. The van der Waals surface area contributed by atoms with E-state index in [0.717, 1.165) is 45.2 Å². The van der Waals surface area contributed by atoms with Crippen molar-refractivity contribution in [3.05, 3.63) is 69.1 Å². The molecule has 3 heterocycles. The second-order valence-corrected chi connectivity index (χ2v) is 8.65. The number of benzene rings is 1. The molecule has 0 saturated heterocycles. The molecule has 1 atom stereocenters. The zero-order valence-electron chi connectivity index (χ0n) is 14.9. The van der Waals surface area contributed by atoms with Crippen LogP contribution < -0.4 is 5.32 Å². The van der Waals surface area contributed by atoms with Gasteiger partial charge in [0.25, 0.3) is 0 Å². The van der Waals surface area contributed by atoms with Crippen molar-refractivity contribution in [2.45, 2.75) is 31.2 Å². The molecule has 1 aliphatic carbocycles. The summed E-state index contributed by atoms with van der Waals surface area (Å²) in [5.41, 5.74) is 3.29. The third-order valence-corrected chi connectivity index (χ3v) is 6.84. The molecule has 1 saturated carbocycles. The fourth-order valence-corrected chi connectivity index (χ4v) is 5.02. The van der Waals surface area contributed by atoms with Gasteiger partial charge in [0, 0.05) is 28.3 Å². The standard InChI is InChI=1S/C21H16ClN5S/c22-15-7-18(13-3-1-2-11(6-13)9-23)28-19(15)17-8-16-14(20(24)26-17)10-25-21(27-16)12-4-5-12/h1-3,6-7,10,12,17H,4-5,8H2,(H2,24,26). The lowest BCUT2D eigenvalue weighted by atomic mass is 9.99. The molecule has 7 heteroatoms. The van der Waals surface area contributed by atoms with Crippen LogP contribution >= 0.6 is 22.9 Å². The molecule has 1 aromatic carbocycles. The van der Waals surface area contributed by atoms with Crippen LogP contribution in [-0.2, 0) is 6.42 Å². The summed E-state index contributed by atoms with van der Waals surface area (Å²) in [6, 6.07) is 11.5. The topological polar surface area (TPSA) is 85.5 Å². The number of thiophene rings is 1. The van der Waals surface area contributed by atoms with Crippen molar-refractivity contribution in [3.63, 3.8) is 0 Å². The maximum Gasteiger partial charge on any atom is 0.131 e. The Morgan fingerprint density at radius 2 is 2.14 bits per heavy atom. The van der Waals surface area contributed by atoms with E-state index in [0.29, 0.717) is 28.8 Å². The van der Waals surface area contributed by atoms with E-state index in [2.05, 4.69) is 16.4 Å². The van der Waals surface area contributed by atoms with E-state index < -0.39 is 0 Å². The highest BCUT2D eigenvalue weighted by molar-refractivity contribution is 7.16. The van der Waals surface area contributed by atoms with E-state index in [1.165, 1.54) is 0 Å². The molecule has 2 aromatic heterocycles. The molecule has 2 aliphatic rings. The minimum Gasteiger partial charge on any atom is -0.362 e. The van der Waals surface area contributed by atoms with Crippen LogP contribution in [0.5, 0.6) is 0 Å². The molecular formula is C21H16ClN5S. The maximum absolute atomic E-state index is 9.14. The third kappa shape index (κ3) is 3.07. The quantitative estimate of drug-likeness (QED) is 0.654. The van der Waals surface area contributed by atoms with Gasteiger partial charge in [0.1, 0.15) is 11.7 Å². The molecule has 0 bridgehead atoms. The number of fused-ring (bicyclic) bond motifs is 1. The van der Waals surface area contributed by atoms with Crippen molar-refractivity contribution >= 4 is 28.8 Å². The summed E-state index contributed by atoms with van der Waals surface area (Å²) in [6.07, 6.45) is 4.76. The number of hydrogen-bond acceptors (Lipinski definition) is 5. The van der Waals surface area contributed by atoms with Gasteiger partial charge in [0.15, 0.2) is 0 Å². The third-order valence-electron chi connectivity index (χ3n) is 5.12. The lowest BCUT2D eigenvalue weighted by Gasteiger charge is -2.26. The van der Waals surface area contributed by atoms with Crippen LogP contribution in [-0.4, -0.2) is 15.8 Å². The van der Waals surface area contributed by atoms with E-state index in [-0.39, 0.29) is 6.04 Å². The van der Waals surface area contributed by atoms with Crippen LogP contribution in [0, 0.1) is 16.7 Å². The smallest absolute Gasteiger partial charge is 0.131 e. The molecule has 0 spiro atoms. The first-order valence-corrected chi connectivity index (χ1v) is 10.3. The van der Waals surface area contributed by atoms with Crippen LogP contribution in [0.1, 0.15) is 52.3 Å². The van der Waals surface area contributed by atoms with E-state index in [4.69, 9.17) is 27.3 Å². The van der Waals surface area contributed by atoms with Gasteiger partial charge in [-0.15, -0.1) is 11.3 Å². The Kier molecular flexibility index (Phi) is 4.15. The van der Waals surface area contributed by atoms with Crippen molar-refractivity contribution in [2.24, 2.45) is 0 Å². The summed E-state index contributed by atoms with van der Waals surface area (Å²) < 4.78 is 0. The second-order valence-electron chi connectivity index (χ2n) is 7.15. The van der Waals surface area contributed by atoms with Crippen LogP contribution in [0.15, 0.2) is 36.5 Å². The predicted molar refractivity (Wildman–Crippen MR) is 110 cm³/mol. The van der Waals surface area contributed by atoms with Gasteiger partial charge >= 0.3 is 0 Å². The van der Waals surface area contributed by atoms with Crippen molar-refractivity contribution in [3.8, 4) is 16.5 Å². The predicted octanol–water partition coefficient (Wildman–Crippen LogP) is 4.82. The zero-order valence-corrected chi connectivity index (χ0v) is 16.4. The van der Waals surface area contributed by atoms with Gasteiger partial charge in [-0.25, -0.2) is 9.97 Å². The van der Waals surface area contributed by atoms with E-state index in [1.54, 1.807) is 23.6 Å². The summed E-state index contributed by atoms with van der Waals surface area (Å²) >= 11 is 8.16. The largest absolute Gasteiger partial charge is 0.362 e. The molecule has 28 heavy (non-hydrogen) atoms. The number of aromatic nitrogens is 2. The average molecular weight is 406 g/mol. The number of nitriles is 1. The first-order valence-electron chi connectivity index (χ1n) is 9.13. The number of amidine groups is 1. The van der Waals surface area contributed by atoms with Crippen molar-refractivity contribution in [2.75, 3.05) is 0 Å². The van der Waals surface area contributed by atoms with Crippen LogP contribution in [0.4, 0.5) is 0 Å². The monoisotopic (exact) mass is 405 g/mol. The lowest BCUT2D eigenvalue weighted by molar-refractivity contribution is 0.617. The highest BCUT2D eigenvalue weighted by Crippen LogP contribution is 2.41. The van der Waals surface area contributed by atoms with Crippen molar-refractivity contribution in [1.29, 1.82) is 10.7 Å². The Labute approximate surface area is 171 Å². The first kappa shape index (κ1) is 17.4. The molecule has 1 unspecified atom stereocenters. The molecule has 2 N–H and O–H groups in total.